The lowest BCUT2D eigenvalue weighted by atomic mass is 10.0. The number of fused-ring (bicyclic) bond motifs is 2. The molecule has 2 aliphatic rings. The summed E-state index contributed by atoms with van der Waals surface area (Å²) < 4.78 is 1.29. The number of carboxylic acid groups (broad SMARTS) is 1. The standard InChI is InChI=1S/C24H26N4O2S/c29-23(30)17-28-19(6-5-18-3-1-2-4-21(18)28)8-11-26-12-14-27(15-13-26)24-20-9-16-31-22(20)7-10-25-24/h1-7,9-10,16,19H,8,11-15,17H2,(H,29,30). The number of rotatable bonds is 6. The summed E-state index contributed by atoms with van der Waals surface area (Å²) in [5, 5.41) is 12.8. The Morgan fingerprint density at radius 1 is 1.13 bits per heavy atom. The van der Waals surface area contributed by atoms with Crippen LogP contribution in [0.25, 0.3) is 16.2 Å². The summed E-state index contributed by atoms with van der Waals surface area (Å²) in [6.07, 6.45) is 7.10. The number of thiophene rings is 1. The smallest absolute Gasteiger partial charge is 0.323 e. The number of piperazine rings is 1. The fraction of sp³-hybridized carbons (Fsp3) is 0.333. The molecule has 1 aromatic carbocycles. The van der Waals surface area contributed by atoms with Crippen LogP contribution in [0.5, 0.6) is 0 Å². The highest BCUT2D eigenvalue weighted by Gasteiger charge is 2.26. The molecule has 0 bridgehead atoms. The van der Waals surface area contributed by atoms with Crippen LogP contribution in [0.15, 0.2) is 54.1 Å². The number of hydrogen-bond acceptors (Lipinski definition) is 6. The monoisotopic (exact) mass is 434 g/mol. The van der Waals surface area contributed by atoms with Crippen molar-refractivity contribution in [1.29, 1.82) is 0 Å². The second-order valence-corrected chi connectivity index (χ2v) is 9.04. The van der Waals surface area contributed by atoms with E-state index in [0.717, 1.165) is 56.2 Å². The maximum Gasteiger partial charge on any atom is 0.323 e. The second kappa shape index (κ2) is 8.69. The summed E-state index contributed by atoms with van der Waals surface area (Å²) >= 11 is 1.76. The number of pyridine rings is 1. The van der Waals surface area contributed by atoms with E-state index in [0.29, 0.717) is 0 Å². The molecule has 7 heteroatoms. The van der Waals surface area contributed by atoms with Crippen LogP contribution in [-0.4, -0.2) is 66.3 Å². The maximum absolute atomic E-state index is 11.5. The molecule has 3 aromatic rings. The molecule has 2 aliphatic heterocycles. The molecule has 1 unspecified atom stereocenters. The van der Waals surface area contributed by atoms with Crippen LogP contribution in [0.3, 0.4) is 0 Å². The molecule has 1 N–H and O–H groups in total. The first-order valence-electron chi connectivity index (χ1n) is 10.7. The van der Waals surface area contributed by atoms with Gasteiger partial charge in [-0.1, -0.05) is 30.4 Å². The highest BCUT2D eigenvalue weighted by Crippen LogP contribution is 2.31. The van der Waals surface area contributed by atoms with Crippen molar-refractivity contribution >= 4 is 45.0 Å². The highest BCUT2D eigenvalue weighted by atomic mass is 32.1. The molecule has 0 saturated carbocycles. The third-order valence-electron chi connectivity index (χ3n) is 6.22. The molecule has 0 radical (unpaired) electrons. The Morgan fingerprint density at radius 3 is 2.81 bits per heavy atom. The van der Waals surface area contributed by atoms with Gasteiger partial charge in [0.05, 0.1) is 0 Å². The number of benzene rings is 1. The predicted octanol–water partition coefficient (Wildman–Crippen LogP) is 3.80. The van der Waals surface area contributed by atoms with E-state index in [2.05, 4.69) is 44.4 Å². The topological polar surface area (TPSA) is 59.9 Å². The Morgan fingerprint density at radius 2 is 1.97 bits per heavy atom. The Balaban J connectivity index is 1.21. The van der Waals surface area contributed by atoms with E-state index in [9.17, 15) is 9.90 Å². The van der Waals surface area contributed by atoms with Gasteiger partial charge in [0.2, 0.25) is 0 Å². The predicted molar refractivity (Wildman–Crippen MR) is 127 cm³/mol. The zero-order chi connectivity index (χ0) is 21.2. The van der Waals surface area contributed by atoms with Gasteiger partial charge in [-0.05, 0) is 35.6 Å². The van der Waals surface area contributed by atoms with E-state index in [1.54, 1.807) is 11.3 Å². The van der Waals surface area contributed by atoms with Gasteiger partial charge < -0.3 is 14.9 Å². The number of aliphatic carboxylic acids is 1. The largest absolute Gasteiger partial charge is 0.480 e. The van der Waals surface area contributed by atoms with Gasteiger partial charge in [0, 0.05) is 60.7 Å². The van der Waals surface area contributed by atoms with Gasteiger partial charge in [-0.3, -0.25) is 9.69 Å². The number of aromatic nitrogens is 1. The summed E-state index contributed by atoms with van der Waals surface area (Å²) in [4.78, 5) is 23.0. The molecule has 160 valence electrons. The third kappa shape index (κ3) is 4.16. The van der Waals surface area contributed by atoms with Crippen molar-refractivity contribution in [3.05, 3.63) is 59.6 Å². The third-order valence-corrected chi connectivity index (χ3v) is 7.10. The first-order valence-corrected chi connectivity index (χ1v) is 11.6. The quantitative estimate of drug-likeness (QED) is 0.637. The van der Waals surface area contributed by atoms with Crippen LogP contribution < -0.4 is 9.80 Å². The van der Waals surface area contributed by atoms with E-state index < -0.39 is 5.97 Å². The summed E-state index contributed by atoms with van der Waals surface area (Å²) in [6, 6.07) is 12.4. The zero-order valence-corrected chi connectivity index (χ0v) is 18.2. The van der Waals surface area contributed by atoms with Crippen molar-refractivity contribution in [2.75, 3.05) is 49.1 Å². The average Bonchev–Trinajstić information content (AvgIpc) is 3.28. The molecule has 6 nitrogen and oxygen atoms in total. The Bertz CT molecular complexity index is 1100. The van der Waals surface area contributed by atoms with Crippen molar-refractivity contribution in [3.63, 3.8) is 0 Å². The van der Waals surface area contributed by atoms with Crippen molar-refractivity contribution in [3.8, 4) is 0 Å². The van der Waals surface area contributed by atoms with Crippen LogP contribution in [-0.2, 0) is 4.79 Å². The van der Waals surface area contributed by atoms with Gasteiger partial charge in [0.15, 0.2) is 0 Å². The van der Waals surface area contributed by atoms with E-state index in [1.165, 1.54) is 10.1 Å². The molecule has 4 heterocycles. The summed E-state index contributed by atoms with van der Waals surface area (Å²) in [5.74, 6) is 0.302. The maximum atomic E-state index is 11.5. The van der Waals surface area contributed by atoms with Crippen molar-refractivity contribution in [2.45, 2.75) is 12.5 Å². The van der Waals surface area contributed by atoms with Crippen molar-refractivity contribution < 1.29 is 9.90 Å². The molecule has 2 aromatic heterocycles. The molecule has 0 aliphatic carbocycles. The van der Waals surface area contributed by atoms with Crippen LogP contribution in [0.2, 0.25) is 0 Å². The number of anilines is 2. The lowest BCUT2D eigenvalue weighted by molar-refractivity contribution is -0.135. The molecule has 5 rings (SSSR count). The first kappa shape index (κ1) is 20.0. The Labute approximate surface area is 186 Å². The summed E-state index contributed by atoms with van der Waals surface area (Å²) in [7, 11) is 0. The van der Waals surface area contributed by atoms with E-state index in [-0.39, 0.29) is 12.6 Å². The van der Waals surface area contributed by atoms with E-state index >= 15 is 0 Å². The van der Waals surface area contributed by atoms with Gasteiger partial charge in [-0.2, -0.15) is 0 Å². The molecule has 1 fully saturated rings. The molecule has 0 spiro atoms. The van der Waals surface area contributed by atoms with Crippen LogP contribution >= 0.6 is 11.3 Å². The van der Waals surface area contributed by atoms with Crippen LogP contribution in [0, 0.1) is 0 Å². The van der Waals surface area contributed by atoms with Crippen molar-refractivity contribution in [1.82, 2.24) is 9.88 Å². The highest BCUT2D eigenvalue weighted by molar-refractivity contribution is 7.17. The molecular formula is C24H26N4O2S. The summed E-state index contributed by atoms with van der Waals surface area (Å²) in [5.41, 5.74) is 2.10. The Hall–Kier alpha value is -2.90. The minimum atomic E-state index is -0.793. The van der Waals surface area contributed by atoms with Gasteiger partial charge in [0.25, 0.3) is 0 Å². The number of carbonyl (C=O) groups is 1. The Kier molecular flexibility index (Phi) is 5.61. The minimum absolute atomic E-state index is 0.0239. The van der Waals surface area contributed by atoms with Crippen LogP contribution in [0.4, 0.5) is 11.5 Å². The number of para-hydroxylation sites is 1. The molecule has 0 amide bonds. The number of hydrogen-bond donors (Lipinski definition) is 1. The van der Waals surface area contributed by atoms with Gasteiger partial charge in [-0.15, -0.1) is 11.3 Å². The average molecular weight is 435 g/mol. The van der Waals surface area contributed by atoms with E-state index in [1.807, 2.05) is 35.4 Å². The lowest BCUT2D eigenvalue weighted by Gasteiger charge is -2.38. The normalized spacial score (nSPS) is 19.0. The second-order valence-electron chi connectivity index (χ2n) is 8.09. The van der Waals surface area contributed by atoms with Gasteiger partial charge in [-0.25, -0.2) is 4.98 Å². The number of carboxylic acids is 1. The minimum Gasteiger partial charge on any atom is -0.480 e. The summed E-state index contributed by atoms with van der Waals surface area (Å²) in [6.45, 7) is 4.89. The van der Waals surface area contributed by atoms with Gasteiger partial charge >= 0.3 is 5.97 Å². The first-order chi connectivity index (χ1) is 15.2. The van der Waals surface area contributed by atoms with Crippen molar-refractivity contribution in [2.24, 2.45) is 0 Å². The fourth-order valence-corrected chi connectivity index (χ4v) is 5.39. The van der Waals surface area contributed by atoms with E-state index in [4.69, 9.17) is 0 Å². The molecular weight excluding hydrogens is 408 g/mol. The van der Waals surface area contributed by atoms with Gasteiger partial charge in [0.1, 0.15) is 12.4 Å². The van der Waals surface area contributed by atoms with Crippen LogP contribution in [0.1, 0.15) is 12.0 Å². The molecule has 1 saturated heterocycles. The lowest BCUT2D eigenvalue weighted by Crippen LogP contribution is -2.48. The number of nitrogens with zero attached hydrogens (tertiary/aromatic N) is 4. The fourth-order valence-electron chi connectivity index (χ4n) is 4.62. The SMILES string of the molecule is O=C(O)CN1c2ccccc2C=CC1CCN1CCN(c2nccc3sccc23)CC1. The molecule has 1 atom stereocenters. The zero-order valence-electron chi connectivity index (χ0n) is 17.4. The molecule has 31 heavy (non-hydrogen) atoms.